The van der Waals surface area contributed by atoms with Crippen LogP contribution in [0.15, 0.2) is 53.3 Å². The molecule has 0 atom stereocenters. The summed E-state index contributed by atoms with van der Waals surface area (Å²) in [6.45, 7) is 5.86. The van der Waals surface area contributed by atoms with Crippen LogP contribution in [0, 0.1) is 16.7 Å². The van der Waals surface area contributed by atoms with Crippen molar-refractivity contribution in [2.45, 2.75) is 27.4 Å². The lowest BCUT2D eigenvalue weighted by molar-refractivity contribution is -0.119. The first kappa shape index (κ1) is 21.3. The van der Waals surface area contributed by atoms with Gasteiger partial charge in [-0.05, 0) is 41.5 Å². The van der Waals surface area contributed by atoms with Gasteiger partial charge >= 0.3 is 0 Å². The minimum absolute atomic E-state index is 0.0394. The van der Waals surface area contributed by atoms with Gasteiger partial charge < -0.3 is 9.72 Å². The van der Waals surface area contributed by atoms with Crippen molar-refractivity contribution in [1.82, 2.24) is 4.98 Å². The predicted octanol–water partition coefficient (Wildman–Crippen LogP) is 3.11. The van der Waals surface area contributed by atoms with E-state index in [1.54, 1.807) is 18.2 Å². The normalized spacial score (nSPS) is 12.6. The fourth-order valence-electron chi connectivity index (χ4n) is 2.60. The minimum Gasteiger partial charge on any atom is -0.489 e. The summed E-state index contributed by atoms with van der Waals surface area (Å²) in [5, 5.41) is 8.99. The van der Waals surface area contributed by atoms with Gasteiger partial charge in [0, 0.05) is 11.5 Å². The number of nitrogens with zero attached hydrogens (tertiary/aromatic N) is 1. The van der Waals surface area contributed by atoms with Crippen LogP contribution in [0.4, 0.5) is 0 Å². The van der Waals surface area contributed by atoms with Crippen molar-refractivity contribution in [2.24, 2.45) is 5.41 Å². The fraction of sp³-hybridized carbons (Fsp3) is 0.208. The second-order valence-electron chi connectivity index (χ2n) is 7.86. The Morgan fingerprint density at radius 3 is 2.70 bits per heavy atom. The van der Waals surface area contributed by atoms with Crippen molar-refractivity contribution in [3.63, 3.8) is 0 Å². The van der Waals surface area contributed by atoms with Gasteiger partial charge in [0.1, 0.15) is 12.4 Å². The highest BCUT2D eigenvalue weighted by molar-refractivity contribution is 7.07. The van der Waals surface area contributed by atoms with Crippen LogP contribution >= 0.6 is 11.3 Å². The molecule has 0 bridgehead atoms. The summed E-state index contributed by atoms with van der Waals surface area (Å²) in [4.78, 5) is 27.2. The van der Waals surface area contributed by atoms with E-state index < -0.39 is 5.41 Å². The highest BCUT2D eigenvalue weighted by atomic mass is 32.1. The molecule has 0 unspecified atom stereocenters. The number of H-pyrrole nitrogens is 1. The molecular formula is C24H22N2O3S. The number of nitrogens with one attached hydrogen (secondary N) is 1. The van der Waals surface area contributed by atoms with Gasteiger partial charge in [-0.25, -0.2) is 0 Å². The summed E-state index contributed by atoms with van der Waals surface area (Å²) >= 11 is 1.25. The average Bonchev–Trinajstić information content (AvgIpc) is 3.05. The lowest BCUT2D eigenvalue weighted by Crippen LogP contribution is -2.22. The van der Waals surface area contributed by atoms with Crippen LogP contribution < -0.4 is 19.5 Å². The number of ether oxygens (including phenoxy) is 1. The van der Waals surface area contributed by atoms with Crippen LogP contribution in [0.2, 0.25) is 0 Å². The number of hydrogen-bond donors (Lipinski definition) is 1. The third kappa shape index (κ3) is 5.56. The Morgan fingerprint density at radius 1 is 1.20 bits per heavy atom. The van der Waals surface area contributed by atoms with E-state index in [0.29, 0.717) is 27.1 Å². The maximum atomic E-state index is 12.3. The van der Waals surface area contributed by atoms with Gasteiger partial charge in [0.2, 0.25) is 0 Å². The zero-order valence-electron chi connectivity index (χ0n) is 17.1. The third-order valence-corrected chi connectivity index (χ3v) is 5.26. The molecule has 1 N–H and O–H groups in total. The third-order valence-electron chi connectivity index (χ3n) is 4.30. The second kappa shape index (κ2) is 8.93. The number of rotatable bonds is 5. The van der Waals surface area contributed by atoms with Crippen LogP contribution in [-0.4, -0.2) is 10.8 Å². The van der Waals surface area contributed by atoms with Crippen molar-refractivity contribution in [2.75, 3.05) is 0 Å². The smallest absolute Gasteiger partial charge is 0.266 e. The van der Waals surface area contributed by atoms with E-state index in [0.717, 1.165) is 11.1 Å². The Morgan fingerprint density at radius 2 is 1.97 bits per heavy atom. The number of ketones is 1. The topological polar surface area (TPSA) is 82.9 Å². The molecule has 0 fully saturated rings. The molecule has 0 radical (unpaired) electrons. The summed E-state index contributed by atoms with van der Waals surface area (Å²) in [7, 11) is 0. The van der Waals surface area contributed by atoms with Gasteiger partial charge in [0.15, 0.2) is 5.78 Å². The van der Waals surface area contributed by atoms with E-state index in [-0.39, 0.29) is 11.3 Å². The van der Waals surface area contributed by atoms with Crippen LogP contribution in [0.3, 0.4) is 0 Å². The van der Waals surface area contributed by atoms with E-state index in [4.69, 9.17) is 10.00 Å². The largest absolute Gasteiger partial charge is 0.489 e. The number of nitriles is 1. The van der Waals surface area contributed by atoms with Crippen molar-refractivity contribution < 1.29 is 9.53 Å². The molecule has 0 aliphatic rings. The molecule has 3 rings (SSSR count). The van der Waals surface area contributed by atoms with Crippen LogP contribution in [0.25, 0.3) is 12.2 Å². The van der Waals surface area contributed by atoms with Gasteiger partial charge in [-0.15, -0.1) is 11.3 Å². The lowest BCUT2D eigenvalue weighted by atomic mass is 9.91. The predicted molar refractivity (Wildman–Crippen MR) is 119 cm³/mol. The molecule has 0 spiro atoms. The van der Waals surface area contributed by atoms with Gasteiger partial charge in [-0.1, -0.05) is 45.0 Å². The molecule has 3 aromatic rings. The molecule has 1 aromatic heterocycles. The molecule has 6 heteroatoms. The van der Waals surface area contributed by atoms with Crippen LogP contribution in [0.1, 0.15) is 37.5 Å². The van der Waals surface area contributed by atoms with Crippen molar-refractivity contribution in [3.8, 4) is 11.8 Å². The minimum atomic E-state index is -0.497. The Kier molecular flexibility index (Phi) is 6.34. The molecule has 0 saturated carbocycles. The summed E-state index contributed by atoms with van der Waals surface area (Å²) in [5.74, 6) is 0.621. The number of aromatic nitrogens is 1. The van der Waals surface area contributed by atoms with Crippen molar-refractivity contribution in [3.05, 3.63) is 84.8 Å². The number of thiazole rings is 1. The number of benzene rings is 2. The first-order valence-electron chi connectivity index (χ1n) is 9.43. The first-order valence-corrected chi connectivity index (χ1v) is 10.3. The molecule has 0 saturated heterocycles. The van der Waals surface area contributed by atoms with Gasteiger partial charge in [0.25, 0.3) is 5.56 Å². The average molecular weight is 419 g/mol. The molecule has 152 valence electrons. The van der Waals surface area contributed by atoms with Crippen molar-refractivity contribution >= 4 is 29.3 Å². The molecule has 30 heavy (non-hydrogen) atoms. The summed E-state index contributed by atoms with van der Waals surface area (Å²) in [5.41, 5.74) is 1.59. The standard InChI is InChI=1S/C24H22N2O3S/c1-24(2,3)21(27)13-22-26-23(28)20(30-22)12-16-6-5-9-19(11-16)29-15-18-8-4-7-17(10-18)14-25/h4-13H,15H2,1-3H3,(H,26,28). The second-order valence-corrected chi connectivity index (χ2v) is 8.94. The maximum Gasteiger partial charge on any atom is 0.266 e. The van der Waals surface area contributed by atoms with Gasteiger partial charge in [-0.2, -0.15) is 5.26 Å². The van der Waals surface area contributed by atoms with Crippen LogP contribution in [-0.2, 0) is 11.4 Å². The van der Waals surface area contributed by atoms with Crippen molar-refractivity contribution in [1.29, 1.82) is 5.26 Å². The maximum absolute atomic E-state index is 12.3. The fourth-order valence-corrected chi connectivity index (χ4v) is 3.49. The molecule has 0 aliphatic carbocycles. The Bertz CT molecular complexity index is 1290. The Labute approximate surface area is 178 Å². The highest BCUT2D eigenvalue weighted by Gasteiger charge is 2.18. The number of Topliss-reactive ketones (excluding diaryl/α,β-unsaturated/α-hetero) is 1. The SMILES string of the molecule is CC(C)(C)C(=O)C=c1[nH]c(=O)c(=Cc2cccc(OCc3cccc(C#N)c3)c2)s1. The zero-order chi connectivity index (χ0) is 21.7. The van der Waals surface area contributed by atoms with Crippen LogP contribution in [0.5, 0.6) is 5.75 Å². The van der Waals surface area contributed by atoms with E-state index in [2.05, 4.69) is 11.1 Å². The zero-order valence-corrected chi connectivity index (χ0v) is 17.9. The molecule has 0 amide bonds. The number of carbonyl (C=O) groups excluding carboxylic acids is 1. The number of carbonyl (C=O) groups is 1. The van der Waals surface area contributed by atoms with E-state index in [1.807, 2.05) is 57.2 Å². The number of hydrogen-bond acceptors (Lipinski definition) is 5. The molecule has 0 aliphatic heterocycles. The summed E-state index contributed by atoms with van der Waals surface area (Å²) in [6.07, 6.45) is 3.25. The molecule has 2 aromatic carbocycles. The summed E-state index contributed by atoms with van der Waals surface area (Å²) in [6, 6.07) is 16.8. The van der Waals surface area contributed by atoms with Gasteiger partial charge in [-0.3, -0.25) is 9.59 Å². The molecule has 5 nitrogen and oxygen atoms in total. The molecule has 1 heterocycles. The van der Waals surface area contributed by atoms with E-state index in [9.17, 15) is 9.59 Å². The highest BCUT2D eigenvalue weighted by Crippen LogP contribution is 2.16. The lowest BCUT2D eigenvalue weighted by Gasteiger charge is -2.12. The Hall–Kier alpha value is -3.43. The van der Waals surface area contributed by atoms with E-state index in [1.165, 1.54) is 17.4 Å². The monoisotopic (exact) mass is 418 g/mol. The van der Waals surface area contributed by atoms with Gasteiger partial charge in [0.05, 0.1) is 20.8 Å². The Balaban J connectivity index is 1.82. The number of aromatic amines is 1. The van der Waals surface area contributed by atoms with E-state index >= 15 is 0 Å². The first-order chi connectivity index (χ1) is 14.2. The molecular weight excluding hydrogens is 396 g/mol. The quantitative estimate of drug-likeness (QED) is 0.690. The summed E-state index contributed by atoms with van der Waals surface area (Å²) < 4.78 is 6.89.